The summed E-state index contributed by atoms with van der Waals surface area (Å²) in [6.07, 6.45) is 0.713. The average Bonchev–Trinajstić information content (AvgIpc) is 3.61. The van der Waals surface area contributed by atoms with Gasteiger partial charge in [0.05, 0.1) is 33.0 Å². The molecule has 1 heterocycles. The Morgan fingerprint density at radius 3 is 2.02 bits per heavy atom. The molecule has 0 N–H and O–H groups in total. The molecule has 2 aliphatic carbocycles. The monoisotopic (exact) mass is 780 g/mol. The van der Waals surface area contributed by atoms with Gasteiger partial charge in [0.15, 0.2) is 5.78 Å². The van der Waals surface area contributed by atoms with Crippen molar-refractivity contribution in [2.75, 3.05) is 6.54 Å². The van der Waals surface area contributed by atoms with E-state index < -0.39 is 47.9 Å². The molecular weight excluding hydrogens is 763 g/mol. The maximum absolute atomic E-state index is 13.8. The zero-order chi connectivity index (χ0) is 31.4. The second kappa shape index (κ2) is 12.2. The zero-order valence-corrected chi connectivity index (χ0v) is 27.9. The number of halogens is 5. The molecule has 0 spiro atoms. The third-order valence-corrected chi connectivity index (χ3v) is 12.5. The van der Waals surface area contributed by atoms with Crippen molar-refractivity contribution in [3.63, 3.8) is 0 Å². The van der Waals surface area contributed by atoms with Gasteiger partial charge in [-0.2, -0.15) is 5.01 Å². The Bertz CT molecular complexity index is 1690. The number of ether oxygens (including phenoxy) is 1. The van der Waals surface area contributed by atoms with E-state index in [4.69, 9.17) is 39.5 Å². The Balaban J connectivity index is 1.25. The van der Waals surface area contributed by atoms with Gasteiger partial charge < -0.3 is 4.74 Å². The van der Waals surface area contributed by atoms with Crippen LogP contribution in [0.1, 0.15) is 37.5 Å². The molecule has 44 heavy (non-hydrogen) atoms. The van der Waals surface area contributed by atoms with Crippen LogP contribution >= 0.6 is 66.7 Å². The fraction of sp³-hybridized carbons (Fsp3) is 0.258. The van der Waals surface area contributed by atoms with Crippen molar-refractivity contribution in [2.24, 2.45) is 23.7 Å². The second-order valence-corrected chi connectivity index (χ2v) is 14.2. The predicted molar refractivity (Wildman–Crippen MR) is 171 cm³/mol. The highest BCUT2D eigenvalue weighted by Crippen LogP contribution is 2.60. The minimum absolute atomic E-state index is 0.00290. The number of hydrogen-bond donors (Lipinski definition) is 0. The Labute approximate surface area is 283 Å². The number of fused-ring (bicyclic) bond motifs is 5. The van der Waals surface area contributed by atoms with E-state index >= 15 is 0 Å². The quantitative estimate of drug-likeness (QED) is 0.0852. The Morgan fingerprint density at radius 2 is 1.43 bits per heavy atom. The number of hydrogen-bond acceptors (Lipinski definition) is 6. The molecular formula is C31H21Br2Cl3N2O6. The van der Waals surface area contributed by atoms with Crippen molar-refractivity contribution in [3.8, 4) is 5.75 Å². The highest BCUT2D eigenvalue weighted by molar-refractivity contribution is 9.12. The molecule has 3 fully saturated rings. The third kappa shape index (κ3) is 5.38. The van der Waals surface area contributed by atoms with Crippen LogP contribution in [-0.2, 0) is 9.59 Å². The highest BCUT2D eigenvalue weighted by Gasteiger charge is 2.67. The molecule has 0 unspecified atom stereocenters. The van der Waals surface area contributed by atoms with E-state index in [0.29, 0.717) is 11.4 Å². The van der Waals surface area contributed by atoms with Crippen molar-refractivity contribution < 1.29 is 28.7 Å². The number of carbonyl (C=O) groups is 5. The number of amides is 3. The third-order valence-electron chi connectivity index (χ3n) is 8.38. The van der Waals surface area contributed by atoms with Crippen molar-refractivity contribution in [1.82, 2.24) is 10.0 Å². The fourth-order valence-corrected chi connectivity index (χ4v) is 8.91. The number of rotatable bonds is 7. The number of hydrazine groups is 1. The van der Waals surface area contributed by atoms with E-state index in [1.807, 2.05) is 0 Å². The first-order valence-electron chi connectivity index (χ1n) is 13.5. The van der Waals surface area contributed by atoms with Gasteiger partial charge >= 0.3 is 5.97 Å². The summed E-state index contributed by atoms with van der Waals surface area (Å²) in [6.45, 7) is -0.606. The molecule has 13 heteroatoms. The summed E-state index contributed by atoms with van der Waals surface area (Å²) in [6, 6.07) is 16.2. The van der Waals surface area contributed by atoms with Gasteiger partial charge in [0.25, 0.3) is 17.7 Å². The number of ketones is 1. The molecule has 1 saturated heterocycles. The van der Waals surface area contributed by atoms with Gasteiger partial charge in [-0.25, -0.2) is 9.80 Å². The summed E-state index contributed by atoms with van der Waals surface area (Å²) in [7, 11) is 0. The van der Waals surface area contributed by atoms with E-state index in [-0.39, 0.29) is 54.0 Å². The molecule has 2 bridgehead atoms. The lowest BCUT2D eigenvalue weighted by atomic mass is 9.81. The molecule has 3 aliphatic rings. The van der Waals surface area contributed by atoms with Gasteiger partial charge in [0.2, 0.25) is 0 Å². The number of alkyl halides is 2. The topological polar surface area (TPSA) is 101 Å². The predicted octanol–water partition coefficient (Wildman–Crippen LogP) is 6.88. The maximum atomic E-state index is 13.8. The normalized spacial score (nSPS) is 25.2. The summed E-state index contributed by atoms with van der Waals surface area (Å²) >= 11 is 25.6. The maximum Gasteiger partial charge on any atom is 0.345 e. The van der Waals surface area contributed by atoms with Crippen molar-refractivity contribution in [2.45, 2.75) is 16.1 Å². The highest BCUT2D eigenvalue weighted by atomic mass is 79.9. The van der Waals surface area contributed by atoms with Gasteiger partial charge in [0.1, 0.15) is 12.3 Å². The number of esters is 1. The first kappa shape index (κ1) is 31.2. The number of Topliss-reactive ketones (excluding diaryl/α,β-unsaturated/α-hetero) is 1. The van der Waals surface area contributed by atoms with Crippen LogP contribution in [0.3, 0.4) is 0 Å². The van der Waals surface area contributed by atoms with E-state index in [1.165, 1.54) is 54.6 Å². The molecule has 2 saturated carbocycles. The number of nitrogens with zero attached hydrogens (tertiary/aromatic N) is 2. The molecule has 8 nitrogen and oxygen atoms in total. The Kier molecular flexibility index (Phi) is 8.67. The summed E-state index contributed by atoms with van der Waals surface area (Å²) in [5.41, 5.74) is 0.315. The molecule has 3 aromatic rings. The Hall–Kier alpha value is -2.76. The minimum atomic E-state index is -0.755. The molecule has 226 valence electrons. The molecule has 3 aromatic carbocycles. The van der Waals surface area contributed by atoms with Crippen molar-refractivity contribution in [1.29, 1.82) is 0 Å². The van der Waals surface area contributed by atoms with Crippen LogP contribution in [-0.4, -0.2) is 55.7 Å². The van der Waals surface area contributed by atoms with Gasteiger partial charge in [0, 0.05) is 20.2 Å². The van der Waals surface area contributed by atoms with Crippen molar-refractivity contribution >= 4 is 96.1 Å². The van der Waals surface area contributed by atoms with E-state index in [2.05, 4.69) is 31.9 Å². The minimum Gasteiger partial charge on any atom is -0.423 e. The number of carbonyl (C=O) groups excluding carboxylic acids is 5. The second-order valence-electron chi connectivity index (χ2n) is 10.8. The van der Waals surface area contributed by atoms with Crippen LogP contribution in [0, 0.1) is 23.7 Å². The van der Waals surface area contributed by atoms with E-state index in [1.54, 1.807) is 12.1 Å². The lowest BCUT2D eigenvalue weighted by Gasteiger charge is -2.31. The summed E-state index contributed by atoms with van der Waals surface area (Å²) < 4.78 is 5.38. The number of imide groups is 1. The smallest absolute Gasteiger partial charge is 0.345 e. The lowest BCUT2D eigenvalue weighted by Crippen LogP contribution is -2.52. The lowest BCUT2D eigenvalue weighted by molar-refractivity contribution is -0.154. The van der Waals surface area contributed by atoms with E-state index in [9.17, 15) is 24.0 Å². The van der Waals surface area contributed by atoms with E-state index in [0.717, 1.165) is 10.0 Å². The first-order chi connectivity index (χ1) is 21.0. The average molecular weight is 784 g/mol. The van der Waals surface area contributed by atoms with Crippen molar-refractivity contribution in [3.05, 3.63) is 98.5 Å². The summed E-state index contributed by atoms with van der Waals surface area (Å²) in [5.74, 6) is -4.25. The van der Waals surface area contributed by atoms with Crippen LogP contribution in [0.4, 0.5) is 0 Å². The van der Waals surface area contributed by atoms with Gasteiger partial charge in [-0.05, 0) is 72.9 Å². The molecule has 1 aliphatic heterocycles. The standard InChI is InChI=1S/C31H21Br2Cl3N2O6/c32-26-19-12-20(27(26)33)25-24(19)29(41)38(30(25)42)37(28(40)17-3-1-2-4-21(17)35)13-23(39)14-5-8-16(9-6-14)44-31(43)18-10-7-15(34)11-22(18)36/h1-11,19-20,24-27H,12-13H2/t19-,20-,24-,25-,26+,27+/m1/s1. The fourth-order valence-electron chi connectivity index (χ4n) is 6.33. The zero-order valence-electron chi connectivity index (χ0n) is 22.5. The van der Waals surface area contributed by atoms with Gasteiger partial charge in [-0.1, -0.05) is 78.8 Å². The van der Waals surface area contributed by atoms with Crippen LogP contribution in [0.5, 0.6) is 5.75 Å². The Morgan fingerprint density at radius 1 is 0.818 bits per heavy atom. The largest absolute Gasteiger partial charge is 0.423 e. The number of benzene rings is 3. The van der Waals surface area contributed by atoms with Gasteiger partial charge in [-0.15, -0.1) is 0 Å². The SMILES string of the molecule is O=C(CN(C(=O)c1ccccc1Cl)N1C(=O)[C@@H]2[C@H]3C[C@@H]([C@H](Br)[C@H]3Br)[C@H]2C1=O)c1ccc(OC(=O)c2ccc(Cl)cc2Cl)cc1. The van der Waals surface area contributed by atoms with Crippen LogP contribution in [0.15, 0.2) is 66.7 Å². The molecule has 6 atom stereocenters. The first-order valence-corrected chi connectivity index (χ1v) is 16.5. The van der Waals surface area contributed by atoms with Gasteiger partial charge in [-0.3, -0.25) is 19.2 Å². The van der Waals surface area contributed by atoms with Crippen LogP contribution in [0.25, 0.3) is 0 Å². The summed E-state index contributed by atoms with van der Waals surface area (Å²) in [5, 5.41) is 2.34. The molecule has 6 rings (SSSR count). The molecule has 0 radical (unpaired) electrons. The van der Waals surface area contributed by atoms with Crippen LogP contribution < -0.4 is 4.74 Å². The molecule has 3 amide bonds. The molecule has 0 aromatic heterocycles. The summed E-state index contributed by atoms with van der Waals surface area (Å²) in [4.78, 5) is 67.6. The van der Waals surface area contributed by atoms with Crippen LogP contribution in [0.2, 0.25) is 15.1 Å².